The fourth-order valence-corrected chi connectivity index (χ4v) is 8.04. The summed E-state index contributed by atoms with van der Waals surface area (Å²) in [5.74, 6) is -2.38. The van der Waals surface area contributed by atoms with Gasteiger partial charge in [-0.15, -0.1) is 34.9 Å². The minimum absolute atomic E-state index is 0.170. The zero-order valence-electron chi connectivity index (χ0n) is 23.1. The van der Waals surface area contributed by atoms with Crippen molar-refractivity contribution in [1.82, 2.24) is 25.2 Å². The van der Waals surface area contributed by atoms with Gasteiger partial charge in [0, 0.05) is 46.3 Å². The highest BCUT2D eigenvalue weighted by Gasteiger charge is 2.53. The Balaban J connectivity index is 1.22. The molecule has 0 spiro atoms. The van der Waals surface area contributed by atoms with Crippen LogP contribution in [0.15, 0.2) is 63.5 Å². The summed E-state index contributed by atoms with van der Waals surface area (Å²) in [6.45, 7) is 0. The molecule has 5 heterocycles. The van der Waals surface area contributed by atoms with Gasteiger partial charge in [0.25, 0.3) is 11.8 Å². The van der Waals surface area contributed by atoms with Crippen LogP contribution < -0.4 is 20.7 Å². The molecule has 4 N–H and O–H groups in total. The van der Waals surface area contributed by atoms with Crippen LogP contribution in [0.4, 0.5) is 9.52 Å². The number of carbonyl (C=O) groups excluding carboxylic acids is 3. The summed E-state index contributed by atoms with van der Waals surface area (Å²) in [5, 5.41) is 20.4. The number of carboxylic acid groups (broad SMARTS) is 1. The lowest BCUT2D eigenvalue weighted by molar-refractivity contribution is -0.645. The number of amides is 2. The minimum Gasteiger partial charge on any atom is -0.543 e. The Bertz CT molecular complexity index is 1880. The first-order valence-electron chi connectivity index (χ1n) is 12.9. The molecule has 4 aromatic rings. The van der Waals surface area contributed by atoms with Crippen LogP contribution in [0.1, 0.15) is 5.69 Å². The number of nitrogens with zero attached hydrogens (tertiary/aromatic N) is 5. The van der Waals surface area contributed by atoms with Gasteiger partial charge in [-0.1, -0.05) is 5.16 Å². The third-order valence-electron chi connectivity index (χ3n) is 7.02. The molecule has 2 amide bonds. The van der Waals surface area contributed by atoms with Gasteiger partial charge in [0.15, 0.2) is 17.0 Å². The average Bonchev–Trinajstić information content (AvgIpc) is 3.69. The molecular weight excluding hydrogens is 632 g/mol. The number of aryl methyl sites for hydroxylation is 1. The van der Waals surface area contributed by atoms with Gasteiger partial charge in [0.1, 0.15) is 42.9 Å². The van der Waals surface area contributed by atoms with Crippen molar-refractivity contribution in [3.05, 3.63) is 65.0 Å². The molecule has 0 saturated carbocycles. The number of thiazole rings is 1. The number of hydrogen-bond acceptors (Lipinski definition) is 12. The number of hydrogen-bond donors (Lipinski definition) is 3. The number of benzene rings is 1. The molecule has 2 atom stereocenters. The molecule has 1 saturated heterocycles. The molecule has 1 aromatic carbocycles. The van der Waals surface area contributed by atoms with E-state index in [2.05, 4.69) is 25.4 Å². The second-order valence-electron chi connectivity index (χ2n) is 9.66. The number of anilines is 1. The summed E-state index contributed by atoms with van der Waals surface area (Å²) in [6, 6.07) is 3.97. The van der Waals surface area contributed by atoms with Crippen molar-refractivity contribution >= 4 is 74.4 Å². The predicted molar refractivity (Wildman–Crippen MR) is 161 cm³/mol. The molecule has 0 aliphatic carbocycles. The van der Waals surface area contributed by atoms with Crippen LogP contribution in [-0.4, -0.2) is 73.4 Å². The van der Waals surface area contributed by atoms with Crippen molar-refractivity contribution in [3.63, 3.8) is 0 Å². The number of β-lactam (4-membered cyclic amide) rings is 1. The van der Waals surface area contributed by atoms with Gasteiger partial charge in [-0.05, 0) is 11.6 Å². The Kier molecular flexibility index (Phi) is 8.00. The lowest BCUT2D eigenvalue weighted by atomic mass is 10.0. The van der Waals surface area contributed by atoms with Gasteiger partial charge in [0.05, 0.1) is 22.6 Å². The van der Waals surface area contributed by atoms with E-state index in [9.17, 15) is 19.5 Å². The van der Waals surface area contributed by atoms with Crippen LogP contribution in [0.2, 0.25) is 0 Å². The first-order chi connectivity index (χ1) is 21.2. The smallest absolute Gasteiger partial charge is 0.276 e. The summed E-state index contributed by atoms with van der Waals surface area (Å²) in [7, 11) is 3.11. The molecule has 0 radical (unpaired) electrons. The maximum atomic E-state index is 15.1. The molecule has 226 valence electrons. The summed E-state index contributed by atoms with van der Waals surface area (Å²) >= 11 is 3.75. The van der Waals surface area contributed by atoms with E-state index >= 15 is 4.39 Å². The molecule has 2 aliphatic heterocycles. The van der Waals surface area contributed by atoms with Crippen LogP contribution in [0.25, 0.3) is 22.3 Å². The molecule has 2 aliphatic rings. The number of thioether (sulfide) groups is 2. The third-order valence-corrected chi connectivity index (χ3v) is 10.2. The van der Waals surface area contributed by atoms with E-state index in [0.717, 1.165) is 26.6 Å². The molecule has 1 fully saturated rings. The summed E-state index contributed by atoms with van der Waals surface area (Å²) in [5.41, 5.74) is 7.00. The lowest BCUT2D eigenvalue weighted by Crippen LogP contribution is -2.71. The average molecular weight is 655 g/mol. The largest absolute Gasteiger partial charge is 0.543 e. The first kappa shape index (κ1) is 29.6. The monoisotopic (exact) mass is 654 g/mol. The standard InChI is InChI=1S/C27H23FN8O5S3/c1-35-6-3-18(14-7-15(28)13(8-17(14)35)22-30-4-5-31-22)42-9-12-10-43-25-20(24(38)36(25)21(12)26(39)40)33-23(37)19(34-41-2)16-11-44-27(29)32-16/h3-8,11,20,25H,9-10H2,1-2H3,(H4,29,32,33,37,39,40)/b34-19-/t20?,25-/m1/s1. The highest BCUT2D eigenvalue weighted by molar-refractivity contribution is 8.01. The number of carbonyl (C=O) groups is 3. The number of nitrogens with one attached hydrogen (secondary N) is 2. The molecule has 3 aromatic heterocycles. The number of carboxylic acids is 1. The van der Waals surface area contributed by atoms with E-state index in [1.165, 1.54) is 42.1 Å². The van der Waals surface area contributed by atoms with Crippen molar-refractivity contribution in [2.45, 2.75) is 16.3 Å². The van der Waals surface area contributed by atoms with Crippen molar-refractivity contribution in [1.29, 1.82) is 0 Å². The van der Waals surface area contributed by atoms with Crippen molar-refractivity contribution in [3.8, 4) is 11.4 Å². The Morgan fingerprint density at radius 1 is 1.41 bits per heavy atom. The fraction of sp³-hybridized carbons (Fsp3) is 0.222. The lowest BCUT2D eigenvalue weighted by Gasteiger charge is -2.50. The molecule has 1 unspecified atom stereocenters. The van der Waals surface area contributed by atoms with Crippen molar-refractivity contribution in [2.24, 2.45) is 12.2 Å². The van der Waals surface area contributed by atoms with Crippen LogP contribution in [0, 0.1) is 5.82 Å². The zero-order chi connectivity index (χ0) is 31.1. The molecule has 13 nitrogen and oxygen atoms in total. The van der Waals surface area contributed by atoms with Crippen molar-refractivity contribution < 1.29 is 33.3 Å². The predicted octanol–water partition coefficient (Wildman–Crippen LogP) is 0.779. The van der Waals surface area contributed by atoms with Gasteiger partial charge in [-0.3, -0.25) is 14.5 Å². The number of nitrogens with two attached hydrogens (primary N) is 1. The van der Waals surface area contributed by atoms with E-state index in [1.54, 1.807) is 18.5 Å². The summed E-state index contributed by atoms with van der Waals surface area (Å²) < 4.78 is 17.0. The Labute approximate surface area is 261 Å². The van der Waals surface area contributed by atoms with E-state index < -0.39 is 35.0 Å². The second-order valence-corrected chi connectivity index (χ2v) is 12.7. The number of aliphatic carboxylic acids is 1. The number of rotatable bonds is 9. The van der Waals surface area contributed by atoms with E-state index in [-0.39, 0.29) is 33.7 Å². The van der Waals surface area contributed by atoms with Gasteiger partial charge in [-0.25, -0.2) is 18.9 Å². The highest BCUT2D eigenvalue weighted by atomic mass is 32.2. The zero-order valence-corrected chi connectivity index (χ0v) is 25.5. The minimum atomic E-state index is -1.50. The molecule has 6 rings (SSSR count). The topological polar surface area (TPSA) is 183 Å². The number of aromatic nitrogens is 4. The van der Waals surface area contributed by atoms with Crippen LogP contribution in [0.5, 0.6) is 0 Å². The first-order valence-corrected chi connectivity index (χ1v) is 15.8. The van der Waals surface area contributed by atoms with E-state index in [4.69, 9.17) is 10.6 Å². The van der Waals surface area contributed by atoms with E-state index in [0.29, 0.717) is 22.3 Å². The second kappa shape index (κ2) is 11.9. The van der Waals surface area contributed by atoms with Gasteiger partial charge < -0.3 is 30.8 Å². The van der Waals surface area contributed by atoms with Gasteiger partial charge >= 0.3 is 0 Å². The van der Waals surface area contributed by atoms with Gasteiger partial charge in [-0.2, -0.15) is 0 Å². The summed E-state index contributed by atoms with van der Waals surface area (Å²) in [4.78, 5) is 56.2. The third kappa shape index (κ3) is 5.26. The normalized spacial score (nSPS) is 18.3. The van der Waals surface area contributed by atoms with Crippen LogP contribution in [0.3, 0.4) is 0 Å². The molecular formula is C27H23FN8O5S3. The molecule has 17 heteroatoms. The number of H-pyrrole nitrogens is 1. The Morgan fingerprint density at radius 2 is 2.23 bits per heavy atom. The Morgan fingerprint density at radius 3 is 2.91 bits per heavy atom. The molecule has 44 heavy (non-hydrogen) atoms. The number of imidazole rings is 1. The SMILES string of the molecule is CO/N=C(\C(=O)NC1C(=O)N2C(C(=O)[O-])=C(CSc3cc[n+](C)c4cc(-c5ncc[nH]5)c(F)cc34)CS[C@H]12)c1csc(N)n1. The number of pyridine rings is 1. The Hall–Kier alpha value is -4.48. The number of halogens is 1. The van der Waals surface area contributed by atoms with E-state index in [1.807, 2.05) is 23.9 Å². The fourth-order valence-electron chi connectivity index (χ4n) is 4.97. The summed E-state index contributed by atoms with van der Waals surface area (Å²) in [6.07, 6.45) is 5.00. The molecule has 0 bridgehead atoms. The maximum Gasteiger partial charge on any atom is 0.276 e. The number of oxime groups is 1. The highest BCUT2D eigenvalue weighted by Crippen LogP contribution is 2.42. The van der Waals surface area contributed by atoms with Crippen molar-refractivity contribution in [2.75, 3.05) is 24.3 Å². The van der Waals surface area contributed by atoms with Crippen LogP contribution >= 0.6 is 34.9 Å². The van der Waals surface area contributed by atoms with Crippen LogP contribution in [-0.2, 0) is 26.3 Å². The quantitative estimate of drug-likeness (QED) is 0.0767. The number of aromatic amines is 1. The number of fused-ring (bicyclic) bond motifs is 2. The van der Waals surface area contributed by atoms with Gasteiger partial charge in [0.2, 0.25) is 5.52 Å². The maximum absolute atomic E-state index is 15.1. The number of nitrogen functional groups attached to an aromatic ring is 1.